The SMILES string of the molecule is CCNC(=NCc1cccc(CN(C)C)c1)NCC(c1ccc(F)cc1)N1CCOCC1.I. The van der Waals surface area contributed by atoms with Gasteiger partial charge in [-0.2, -0.15) is 0 Å². The summed E-state index contributed by atoms with van der Waals surface area (Å²) in [5.41, 5.74) is 3.56. The van der Waals surface area contributed by atoms with Gasteiger partial charge >= 0.3 is 0 Å². The third-order valence-corrected chi connectivity index (χ3v) is 5.46. The Morgan fingerprint density at radius 1 is 1.09 bits per heavy atom. The predicted octanol–water partition coefficient (Wildman–Crippen LogP) is 3.63. The minimum atomic E-state index is -0.214. The molecule has 6 nitrogen and oxygen atoms in total. The van der Waals surface area contributed by atoms with Crippen LogP contribution in [0.25, 0.3) is 0 Å². The summed E-state index contributed by atoms with van der Waals surface area (Å²) >= 11 is 0. The Kier molecular flexibility index (Phi) is 12.1. The Bertz CT molecular complexity index is 856. The maximum absolute atomic E-state index is 13.5. The molecule has 1 aliphatic rings. The number of benzene rings is 2. The number of ether oxygens (including phenoxy) is 1. The number of hydrogen-bond donors (Lipinski definition) is 2. The first-order valence-electron chi connectivity index (χ1n) is 11.4. The summed E-state index contributed by atoms with van der Waals surface area (Å²) in [4.78, 5) is 9.36. The highest BCUT2D eigenvalue weighted by atomic mass is 127. The van der Waals surface area contributed by atoms with E-state index >= 15 is 0 Å². The Hall–Kier alpha value is -1.75. The fourth-order valence-corrected chi connectivity index (χ4v) is 3.93. The number of nitrogens with zero attached hydrogens (tertiary/aromatic N) is 3. The minimum absolute atomic E-state index is 0. The number of halogens is 2. The summed E-state index contributed by atoms with van der Waals surface area (Å²) in [7, 11) is 4.15. The molecular weight excluding hydrogens is 532 g/mol. The first-order valence-corrected chi connectivity index (χ1v) is 11.4. The van der Waals surface area contributed by atoms with Crippen molar-refractivity contribution in [3.8, 4) is 0 Å². The van der Waals surface area contributed by atoms with Gasteiger partial charge in [0.15, 0.2) is 5.96 Å². The largest absolute Gasteiger partial charge is 0.379 e. The van der Waals surface area contributed by atoms with Gasteiger partial charge in [-0.05, 0) is 49.8 Å². The topological polar surface area (TPSA) is 52.1 Å². The molecule has 8 heteroatoms. The van der Waals surface area contributed by atoms with Gasteiger partial charge in [0.2, 0.25) is 0 Å². The van der Waals surface area contributed by atoms with Crippen LogP contribution in [0.3, 0.4) is 0 Å². The molecule has 1 fully saturated rings. The Morgan fingerprint density at radius 2 is 1.79 bits per heavy atom. The molecule has 2 aromatic rings. The van der Waals surface area contributed by atoms with Crippen molar-refractivity contribution >= 4 is 29.9 Å². The molecule has 1 saturated heterocycles. The van der Waals surface area contributed by atoms with Crippen molar-refractivity contribution in [3.05, 3.63) is 71.0 Å². The third-order valence-electron chi connectivity index (χ3n) is 5.46. The summed E-state index contributed by atoms with van der Waals surface area (Å²) in [5, 5.41) is 6.85. The molecule has 1 heterocycles. The van der Waals surface area contributed by atoms with E-state index in [0.29, 0.717) is 13.1 Å². The second-order valence-electron chi connectivity index (χ2n) is 8.35. The highest BCUT2D eigenvalue weighted by Crippen LogP contribution is 2.21. The Labute approximate surface area is 214 Å². The smallest absolute Gasteiger partial charge is 0.191 e. The number of aliphatic imine (C=N–C) groups is 1. The predicted molar refractivity (Wildman–Crippen MR) is 144 cm³/mol. The number of guanidine groups is 1. The van der Waals surface area contributed by atoms with Gasteiger partial charge in [0.05, 0.1) is 25.8 Å². The zero-order valence-corrected chi connectivity index (χ0v) is 22.2. The van der Waals surface area contributed by atoms with Gasteiger partial charge in [-0.1, -0.05) is 36.4 Å². The molecule has 2 N–H and O–H groups in total. The summed E-state index contributed by atoms with van der Waals surface area (Å²) in [6.07, 6.45) is 0. The highest BCUT2D eigenvalue weighted by molar-refractivity contribution is 14.0. The molecule has 0 radical (unpaired) electrons. The first-order chi connectivity index (χ1) is 15.5. The van der Waals surface area contributed by atoms with Crippen LogP contribution in [0, 0.1) is 5.82 Å². The van der Waals surface area contributed by atoms with E-state index in [9.17, 15) is 4.39 Å². The second-order valence-corrected chi connectivity index (χ2v) is 8.35. The zero-order chi connectivity index (χ0) is 22.8. The molecular formula is C25H37FIN5O. The van der Waals surface area contributed by atoms with Crippen LogP contribution in [-0.2, 0) is 17.8 Å². The van der Waals surface area contributed by atoms with Crippen LogP contribution in [0.5, 0.6) is 0 Å². The molecule has 1 unspecified atom stereocenters. The lowest BCUT2D eigenvalue weighted by molar-refractivity contribution is 0.0170. The normalized spacial score (nSPS) is 15.7. The van der Waals surface area contributed by atoms with E-state index in [2.05, 4.69) is 65.7 Å². The lowest BCUT2D eigenvalue weighted by Gasteiger charge is -2.35. The first kappa shape index (κ1) is 27.5. The van der Waals surface area contributed by atoms with Crippen LogP contribution in [-0.4, -0.2) is 69.2 Å². The minimum Gasteiger partial charge on any atom is -0.379 e. The molecule has 2 aromatic carbocycles. The lowest BCUT2D eigenvalue weighted by atomic mass is 10.0. The van der Waals surface area contributed by atoms with Crippen molar-refractivity contribution in [3.63, 3.8) is 0 Å². The molecule has 0 aromatic heterocycles. The summed E-state index contributed by atoms with van der Waals surface area (Å²) < 4.78 is 19.0. The average Bonchev–Trinajstić information content (AvgIpc) is 2.79. The number of nitrogens with one attached hydrogen (secondary N) is 2. The van der Waals surface area contributed by atoms with Crippen LogP contribution in [0.4, 0.5) is 4.39 Å². The Morgan fingerprint density at radius 3 is 2.45 bits per heavy atom. The molecule has 0 spiro atoms. The van der Waals surface area contributed by atoms with Crippen LogP contribution >= 0.6 is 24.0 Å². The summed E-state index contributed by atoms with van der Waals surface area (Å²) in [5.74, 6) is 0.569. The van der Waals surface area contributed by atoms with E-state index in [4.69, 9.17) is 9.73 Å². The molecule has 0 saturated carbocycles. The molecule has 33 heavy (non-hydrogen) atoms. The number of morpholine rings is 1. The van der Waals surface area contributed by atoms with Crippen molar-refractivity contribution in [2.75, 3.05) is 53.5 Å². The van der Waals surface area contributed by atoms with Crippen molar-refractivity contribution in [2.24, 2.45) is 4.99 Å². The monoisotopic (exact) mass is 569 g/mol. The van der Waals surface area contributed by atoms with Gasteiger partial charge < -0.3 is 20.3 Å². The van der Waals surface area contributed by atoms with Gasteiger partial charge in [-0.25, -0.2) is 9.38 Å². The molecule has 1 atom stereocenters. The summed E-state index contributed by atoms with van der Waals surface area (Å²) in [6.45, 7) is 8.19. The molecule has 0 aliphatic carbocycles. The molecule has 1 aliphatic heterocycles. The van der Waals surface area contributed by atoms with Crippen molar-refractivity contribution in [2.45, 2.75) is 26.1 Å². The fourth-order valence-electron chi connectivity index (χ4n) is 3.93. The maximum atomic E-state index is 13.5. The average molecular weight is 570 g/mol. The Balaban J connectivity index is 0.00000385. The van der Waals surface area contributed by atoms with Gasteiger partial charge in [0.1, 0.15) is 5.82 Å². The molecule has 3 rings (SSSR count). The van der Waals surface area contributed by atoms with E-state index in [0.717, 1.165) is 50.9 Å². The van der Waals surface area contributed by atoms with Gasteiger partial charge in [0, 0.05) is 32.7 Å². The third kappa shape index (κ3) is 9.19. The fraction of sp³-hybridized carbons (Fsp3) is 0.480. The summed E-state index contributed by atoms with van der Waals surface area (Å²) in [6, 6.07) is 15.5. The van der Waals surface area contributed by atoms with Crippen LogP contribution in [0.1, 0.15) is 29.7 Å². The van der Waals surface area contributed by atoms with Crippen LogP contribution in [0.2, 0.25) is 0 Å². The van der Waals surface area contributed by atoms with Crippen molar-refractivity contribution < 1.29 is 9.13 Å². The van der Waals surface area contributed by atoms with E-state index in [-0.39, 0.29) is 35.8 Å². The molecule has 0 bridgehead atoms. The van der Waals surface area contributed by atoms with Crippen LogP contribution < -0.4 is 10.6 Å². The van der Waals surface area contributed by atoms with E-state index in [1.54, 1.807) is 0 Å². The molecule has 0 amide bonds. The molecule has 182 valence electrons. The van der Waals surface area contributed by atoms with Crippen molar-refractivity contribution in [1.29, 1.82) is 0 Å². The van der Waals surface area contributed by atoms with E-state index in [1.807, 2.05) is 12.1 Å². The van der Waals surface area contributed by atoms with E-state index in [1.165, 1.54) is 23.3 Å². The zero-order valence-electron chi connectivity index (χ0n) is 19.9. The van der Waals surface area contributed by atoms with Gasteiger partial charge in [-0.3, -0.25) is 4.90 Å². The maximum Gasteiger partial charge on any atom is 0.191 e. The standard InChI is InChI=1S/C25H36FN5O.HI/c1-4-27-25(28-17-20-6-5-7-21(16-20)19-30(2)3)29-18-24(31-12-14-32-15-13-31)22-8-10-23(26)11-9-22;/h5-11,16,24H,4,12-15,17-19H2,1-3H3,(H2,27,28,29);1H. The van der Waals surface area contributed by atoms with E-state index < -0.39 is 0 Å². The highest BCUT2D eigenvalue weighted by Gasteiger charge is 2.23. The van der Waals surface area contributed by atoms with Crippen LogP contribution in [0.15, 0.2) is 53.5 Å². The lowest BCUT2D eigenvalue weighted by Crippen LogP contribution is -2.46. The van der Waals surface area contributed by atoms with Gasteiger partial charge in [0.25, 0.3) is 0 Å². The second kappa shape index (κ2) is 14.5. The quantitative estimate of drug-likeness (QED) is 0.275. The number of hydrogen-bond acceptors (Lipinski definition) is 4. The van der Waals surface area contributed by atoms with Crippen molar-refractivity contribution in [1.82, 2.24) is 20.4 Å². The number of rotatable bonds is 9. The van der Waals surface area contributed by atoms with Gasteiger partial charge in [-0.15, -0.1) is 24.0 Å².